The first-order valence-corrected chi connectivity index (χ1v) is 6.19. The first kappa shape index (κ1) is 13.6. The Balaban J connectivity index is 2.28. The van der Waals surface area contributed by atoms with Gasteiger partial charge in [0.05, 0.1) is 5.69 Å². The summed E-state index contributed by atoms with van der Waals surface area (Å²) in [5.41, 5.74) is 7.38. The van der Waals surface area contributed by atoms with Gasteiger partial charge in [-0.05, 0) is 36.2 Å². The Morgan fingerprint density at radius 3 is 2.74 bits per heavy atom. The number of carbonyl (C=O) groups is 1. The van der Waals surface area contributed by atoms with E-state index in [4.69, 9.17) is 17.3 Å². The van der Waals surface area contributed by atoms with Crippen molar-refractivity contribution < 1.29 is 9.18 Å². The standard InChI is InChI=1S/C15H13ClFNO/c1-9-5-6-10(12(16)7-9)8-14(19)11-3-2-4-13(17)15(11)18/h2-7H,8,18H2,1H3. The molecule has 0 aromatic heterocycles. The van der Waals surface area contributed by atoms with Crippen molar-refractivity contribution in [1.29, 1.82) is 0 Å². The Kier molecular flexibility index (Phi) is 3.86. The van der Waals surface area contributed by atoms with E-state index in [-0.39, 0.29) is 23.5 Å². The van der Waals surface area contributed by atoms with Gasteiger partial charge in [-0.25, -0.2) is 4.39 Å². The lowest BCUT2D eigenvalue weighted by Gasteiger charge is -2.07. The largest absolute Gasteiger partial charge is 0.396 e. The van der Waals surface area contributed by atoms with Crippen molar-refractivity contribution in [2.75, 3.05) is 5.73 Å². The monoisotopic (exact) mass is 277 g/mol. The van der Waals surface area contributed by atoms with Crippen LogP contribution in [-0.4, -0.2) is 5.78 Å². The van der Waals surface area contributed by atoms with Gasteiger partial charge in [0.1, 0.15) is 5.82 Å². The van der Waals surface area contributed by atoms with E-state index in [1.807, 2.05) is 13.0 Å². The van der Waals surface area contributed by atoms with Crippen LogP contribution in [0.3, 0.4) is 0 Å². The van der Waals surface area contributed by atoms with Crippen LogP contribution in [0.15, 0.2) is 36.4 Å². The maximum atomic E-state index is 13.3. The molecule has 4 heteroatoms. The van der Waals surface area contributed by atoms with E-state index in [0.29, 0.717) is 10.6 Å². The third-order valence-corrected chi connectivity index (χ3v) is 3.26. The van der Waals surface area contributed by atoms with Crippen LogP contribution in [0.1, 0.15) is 21.5 Å². The summed E-state index contributed by atoms with van der Waals surface area (Å²) in [6, 6.07) is 9.68. The first-order chi connectivity index (χ1) is 8.99. The predicted molar refractivity (Wildman–Crippen MR) is 75.0 cm³/mol. The van der Waals surface area contributed by atoms with Gasteiger partial charge in [-0.15, -0.1) is 0 Å². The smallest absolute Gasteiger partial charge is 0.169 e. The third kappa shape index (κ3) is 2.93. The Hall–Kier alpha value is -1.87. The number of carbonyl (C=O) groups excluding carboxylic acids is 1. The van der Waals surface area contributed by atoms with E-state index in [1.165, 1.54) is 18.2 Å². The molecule has 2 nitrogen and oxygen atoms in total. The molecule has 0 aliphatic rings. The van der Waals surface area contributed by atoms with Crippen LogP contribution in [0.2, 0.25) is 5.02 Å². The van der Waals surface area contributed by atoms with Crippen LogP contribution in [0, 0.1) is 12.7 Å². The van der Waals surface area contributed by atoms with Gasteiger partial charge in [0.2, 0.25) is 0 Å². The highest BCUT2D eigenvalue weighted by Crippen LogP contribution is 2.22. The molecular formula is C15H13ClFNO. The Morgan fingerprint density at radius 2 is 2.05 bits per heavy atom. The number of halogens is 2. The predicted octanol–water partition coefficient (Wildman–Crippen LogP) is 3.80. The molecule has 0 saturated carbocycles. The fourth-order valence-electron chi connectivity index (χ4n) is 1.84. The summed E-state index contributed by atoms with van der Waals surface area (Å²) in [7, 11) is 0. The number of para-hydroxylation sites is 1. The van der Waals surface area contributed by atoms with Gasteiger partial charge in [-0.3, -0.25) is 4.79 Å². The molecule has 0 aliphatic carbocycles. The number of nitrogens with two attached hydrogens (primary N) is 1. The number of hydrogen-bond donors (Lipinski definition) is 1. The zero-order valence-corrected chi connectivity index (χ0v) is 11.2. The summed E-state index contributed by atoms with van der Waals surface area (Å²) in [4.78, 5) is 12.1. The summed E-state index contributed by atoms with van der Waals surface area (Å²) in [5, 5.41) is 0.531. The molecule has 2 aromatic carbocycles. The van der Waals surface area contributed by atoms with E-state index in [1.54, 1.807) is 12.1 Å². The summed E-state index contributed by atoms with van der Waals surface area (Å²) in [6.45, 7) is 1.92. The van der Waals surface area contributed by atoms with Crippen molar-refractivity contribution in [3.63, 3.8) is 0 Å². The molecule has 2 aromatic rings. The van der Waals surface area contributed by atoms with Gasteiger partial charge in [0, 0.05) is 17.0 Å². The molecule has 0 fully saturated rings. The molecule has 0 unspecified atom stereocenters. The Morgan fingerprint density at radius 1 is 1.32 bits per heavy atom. The maximum Gasteiger partial charge on any atom is 0.169 e. The lowest BCUT2D eigenvalue weighted by Crippen LogP contribution is -2.08. The minimum Gasteiger partial charge on any atom is -0.396 e. The average Bonchev–Trinajstić information content (AvgIpc) is 2.36. The van der Waals surface area contributed by atoms with Crippen LogP contribution < -0.4 is 5.73 Å². The van der Waals surface area contributed by atoms with Gasteiger partial charge >= 0.3 is 0 Å². The molecule has 0 aliphatic heterocycles. The number of nitrogen functional groups attached to an aromatic ring is 1. The average molecular weight is 278 g/mol. The normalized spacial score (nSPS) is 10.5. The number of ketones is 1. The van der Waals surface area contributed by atoms with Crippen LogP contribution in [-0.2, 0) is 6.42 Å². The van der Waals surface area contributed by atoms with E-state index in [0.717, 1.165) is 5.56 Å². The Labute approximate surface area is 116 Å². The van der Waals surface area contributed by atoms with Crippen LogP contribution in [0.25, 0.3) is 0 Å². The minimum atomic E-state index is -0.583. The highest BCUT2D eigenvalue weighted by Gasteiger charge is 2.14. The number of rotatable bonds is 3. The third-order valence-electron chi connectivity index (χ3n) is 2.91. The van der Waals surface area contributed by atoms with Gasteiger partial charge in [-0.2, -0.15) is 0 Å². The molecule has 98 valence electrons. The number of aryl methyl sites for hydroxylation is 1. The van der Waals surface area contributed by atoms with Gasteiger partial charge < -0.3 is 5.73 Å². The fraction of sp³-hybridized carbons (Fsp3) is 0.133. The number of anilines is 1. The molecule has 0 saturated heterocycles. The van der Waals surface area contributed by atoms with Gasteiger partial charge in [-0.1, -0.05) is 29.8 Å². The van der Waals surface area contributed by atoms with Crippen molar-refractivity contribution in [3.05, 3.63) is 63.9 Å². The molecule has 0 amide bonds. The van der Waals surface area contributed by atoms with Crippen LogP contribution >= 0.6 is 11.6 Å². The second-order valence-corrected chi connectivity index (χ2v) is 4.80. The molecule has 0 spiro atoms. The van der Waals surface area contributed by atoms with Crippen molar-refractivity contribution in [2.45, 2.75) is 13.3 Å². The van der Waals surface area contributed by atoms with Crippen LogP contribution in [0.5, 0.6) is 0 Å². The number of hydrogen-bond acceptors (Lipinski definition) is 2. The molecule has 0 radical (unpaired) electrons. The van der Waals surface area contributed by atoms with E-state index in [9.17, 15) is 9.18 Å². The minimum absolute atomic E-state index is 0.104. The zero-order chi connectivity index (χ0) is 14.0. The zero-order valence-electron chi connectivity index (χ0n) is 10.4. The van der Waals surface area contributed by atoms with E-state index in [2.05, 4.69) is 0 Å². The summed E-state index contributed by atoms with van der Waals surface area (Å²) in [5.74, 6) is -0.830. The van der Waals surface area contributed by atoms with Crippen molar-refractivity contribution in [2.24, 2.45) is 0 Å². The molecule has 2 rings (SSSR count). The molecule has 0 bridgehead atoms. The lowest BCUT2D eigenvalue weighted by atomic mass is 10.0. The number of benzene rings is 2. The summed E-state index contributed by atoms with van der Waals surface area (Å²) < 4.78 is 13.3. The molecule has 0 atom stereocenters. The second-order valence-electron chi connectivity index (χ2n) is 4.40. The maximum absolute atomic E-state index is 13.3. The quantitative estimate of drug-likeness (QED) is 0.685. The first-order valence-electron chi connectivity index (χ1n) is 5.81. The highest BCUT2D eigenvalue weighted by molar-refractivity contribution is 6.31. The molecular weight excluding hydrogens is 265 g/mol. The number of Topliss-reactive ketones (excluding diaryl/α,β-unsaturated/α-hetero) is 1. The lowest BCUT2D eigenvalue weighted by molar-refractivity contribution is 0.0993. The van der Waals surface area contributed by atoms with Crippen molar-refractivity contribution in [3.8, 4) is 0 Å². The van der Waals surface area contributed by atoms with Gasteiger partial charge in [0.25, 0.3) is 0 Å². The molecule has 0 heterocycles. The van der Waals surface area contributed by atoms with E-state index >= 15 is 0 Å². The summed E-state index contributed by atoms with van der Waals surface area (Å²) >= 11 is 6.07. The SMILES string of the molecule is Cc1ccc(CC(=O)c2cccc(F)c2N)c(Cl)c1. The van der Waals surface area contributed by atoms with Crippen molar-refractivity contribution >= 4 is 23.1 Å². The Bertz CT molecular complexity index is 640. The van der Waals surface area contributed by atoms with Crippen molar-refractivity contribution in [1.82, 2.24) is 0 Å². The van der Waals surface area contributed by atoms with E-state index < -0.39 is 5.82 Å². The second kappa shape index (κ2) is 5.41. The summed E-state index contributed by atoms with van der Waals surface area (Å²) in [6.07, 6.45) is 0.104. The van der Waals surface area contributed by atoms with Crippen LogP contribution in [0.4, 0.5) is 10.1 Å². The molecule has 2 N–H and O–H groups in total. The van der Waals surface area contributed by atoms with Gasteiger partial charge in [0.15, 0.2) is 5.78 Å². The fourth-order valence-corrected chi connectivity index (χ4v) is 2.15. The highest BCUT2D eigenvalue weighted by atomic mass is 35.5. The molecule has 19 heavy (non-hydrogen) atoms. The topological polar surface area (TPSA) is 43.1 Å².